The first-order valence-corrected chi connectivity index (χ1v) is 9.38. The second-order valence-electron chi connectivity index (χ2n) is 4.21. The summed E-state index contributed by atoms with van der Waals surface area (Å²) in [6, 6.07) is 1.75. The Bertz CT molecular complexity index is 648. The molecule has 2 aromatic rings. The summed E-state index contributed by atoms with van der Waals surface area (Å²) in [5.41, 5.74) is 1.69. The highest BCUT2D eigenvalue weighted by Gasteiger charge is 2.19. The Hall–Kier alpha value is -0.800. The summed E-state index contributed by atoms with van der Waals surface area (Å²) >= 11 is 2.95. The van der Waals surface area contributed by atoms with Gasteiger partial charge in [-0.05, 0) is 19.5 Å². The minimum absolute atomic E-state index is 0.283. The lowest BCUT2D eigenvalue weighted by Gasteiger charge is -2.04. The van der Waals surface area contributed by atoms with Gasteiger partial charge in [-0.1, -0.05) is 6.92 Å². The Balaban J connectivity index is 2.10. The van der Waals surface area contributed by atoms with Gasteiger partial charge >= 0.3 is 0 Å². The second kappa shape index (κ2) is 6.77. The number of rotatable bonds is 7. The fraction of sp³-hybridized carbons (Fsp3) is 0.417. The smallest absolute Gasteiger partial charge is 0.242 e. The van der Waals surface area contributed by atoms with Crippen molar-refractivity contribution in [3.8, 4) is 0 Å². The molecule has 0 atom stereocenters. The number of aryl methyl sites for hydroxylation is 1. The molecule has 0 aliphatic heterocycles. The summed E-state index contributed by atoms with van der Waals surface area (Å²) in [5, 5.41) is 3.20. The van der Waals surface area contributed by atoms with E-state index in [1.54, 1.807) is 17.8 Å². The maximum absolute atomic E-state index is 12.3. The van der Waals surface area contributed by atoms with Crippen molar-refractivity contribution in [2.75, 3.05) is 6.54 Å². The minimum atomic E-state index is -3.46. The topological polar surface area (TPSA) is 71.1 Å². The van der Waals surface area contributed by atoms with Gasteiger partial charge in [-0.25, -0.2) is 13.1 Å². The van der Waals surface area contributed by atoms with Crippen LogP contribution in [0.1, 0.15) is 21.6 Å². The molecule has 2 heterocycles. The van der Waals surface area contributed by atoms with Crippen LogP contribution in [0.3, 0.4) is 0 Å². The molecule has 0 aromatic carbocycles. The Labute approximate surface area is 127 Å². The highest BCUT2D eigenvalue weighted by Crippen LogP contribution is 2.25. The van der Waals surface area contributed by atoms with Crippen molar-refractivity contribution in [3.05, 3.63) is 32.4 Å². The lowest BCUT2D eigenvalue weighted by molar-refractivity contribution is 0.581. The van der Waals surface area contributed by atoms with E-state index in [0.717, 1.165) is 21.2 Å². The Kier molecular flexibility index (Phi) is 5.28. The highest BCUT2D eigenvalue weighted by molar-refractivity contribution is 7.89. The lowest BCUT2D eigenvalue weighted by Crippen LogP contribution is -2.23. The number of nitrogens with zero attached hydrogens (tertiary/aromatic N) is 1. The zero-order valence-electron chi connectivity index (χ0n) is 11.3. The zero-order valence-corrected chi connectivity index (χ0v) is 13.8. The number of hydrogen-bond acceptors (Lipinski definition) is 6. The quantitative estimate of drug-likeness (QED) is 0.815. The van der Waals surface area contributed by atoms with Gasteiger partial charge in [0.05, 0.1) is 10.4 Å². The van der Waals surface area contributed by atoms with Crippen LogP contribution in [0, 0.1) is 6.92 Å². The van der Waals surface area contributed by atoms with Crippen LogP contribution in [0.2, 0.25) is 0 Å². The van der Waals surface area contributed by atoms with Crippen molar-refractivity contribution in [2.24, 2.45) is 0 Å². The fourth-order valence-electron chi connectivity index (χ4n) is 1.70. The highest BCUT2D eigenvalue weighted by atomic mass is 32.2. The summed E-state index contributed by atoms with van der Waals surface area (Å²) in [5.74, 6) is 0. The van der Waals surface area contributed by atoms with E-state index >= 15 is 0 Å². The van der Waals surface area contributed by atoms with Crippen LogP contribution in [0.4, 0.5) is 0 Å². The summed E-state index contributed by atoms with van der Waals surface area (Å²) in [4.78, 5) is 7.05. The molecule has 0 radical (unpaired) electrons. The molecule has 5 nitrogen and oxygen atoms in total. The maximum atomic E-state index is 12.3. The van der Waals surface area contributed by atoms with Gasteiger partial charge in [0, 0.05) is 33.9 Å². The van der Waals surface area contributed by atoms with E-state index in [9.17, 15) is 8.42 Å². The Morgan fingerprint density at radius 1 is 1.30 bits per heavy atom. The van der Waals surface area contributed by atoms with Crippen LogP contribution < -0.4 is 10.0 Å². The first-order chi connectivity index (χ1) is 9.53. The fourth-order valence-corrected chi connectivity index (χ4v) is 4.93. The molecule has 0 bridgehead atoms. The Morgan fingerprint density at radius 2 is 2.10 bits per heavy atom. The van der Waals surface area contributed by atoms with E-state index < -0.39 is 10.0 Å². The SMILES string of the molecule is CCNCc1cc(S(=O)(=O)NCc2cncs2)c(C)s1. The number of nitrogens with one attached hydrogen (secondary N) is 2. The number of thiophene rings is 1. The molecule has 0 fully saturated rings. The molecule has 0 unspecified atom stereocenters. The normalized spacial score (nSPS) is 11.9. The van der Waals surface area contributed by atoms with Crippen LogP contribution in [0.15, 0.2) is 22.7 Å². The third kappa shape index (κ3) is 3.86. The molecular formula is C12H17N3O2S3. The van der Waals surface area contributed by atoms with Crippen molar-refractivity contribution in [2.45, 2.75) is 31.8 Å². The molecule has 0 aliphatic rings. The van der Waals surface area contributed by atoms with Gasteiger partial charge in [0.1, 0.15) is 0 Å². The van der Waals surface area contributed by atoms with Crippen LogP contribution >= 0.6 is 22.7 Å². The molecule has 2 aromatic heterocycles. The lowest BCUT2D eigenvalue weighted by atomic mass is 10.4. The molecule has 0 aliphatic carbocycles. The van der Waals surface area contributed by atoms with Crippen LogP contribution in [0.25, 0.3) is 0 Å². The van der Waals surface area contributed by atoms with Crippen molar-refractivity contribution >= 4 is 32.7 Å². The number of thiazole rings is 1. The zero-order chi connectivity index (χ0) is 14.6. The number of hydrogen-bond donors (Lipinski definition) is 2. The van der Waals surface area contributed by atoms with Crippen LogP contribution in [-0.4, -0.2) is 19.9 Å². The molecular weight excluding hydrogens is 314 g/mol. The summed E-state index contributed by atoms with van der Waals surface area (Å²) in [6.07, 6.45) is 1.67. The van der Waals surface area contributed by atoms with Crippen molar-refractivity contribution in [1.29, 1.82) is 0 Å². The molecule has 0 amide bonds. The van der Waals surface area contributed by atoms with E-state index in [-0.39, 0.29) is 6.54 Å². The summed E-state index contributed by atoms with van der Waals surface area (Å²) < 4.78 is 27.2. The molecule has 20 heavy (non-hydrogen) atoms. The van der Waals surface area contributed by atoms with Gasteiger partial charge in [-0.15, -0.1) is 22.7 Å². The van der Waals surface area contributed by atoms with Gasteiger partial charge in [0.25, 0.3) is 0 Å². The molecule has 2 N–H and O–H groups in total. The molecule has 2 rings (SSSR count). The van der Waals surface area contributed by atoms with E-state index in [2.05, 4.69) is 15.0 Å². The third-order valence-corrected chi connectivity index (χ3v) is 6.17. The molecule has 8 heteroatoms. The Morgan fingerprint density at radius 3 is 2.75 bits per heavy atom. The first kappa shape index (κ1) is 15.6. The third-order valence-electron chi connectivity index (χ3n) is 2.68. The molecule has 0 saturated heterocycles. The van der Waals surface area contributed by atoms with Gasteiger partial charge in [-0.3, -0.25) is 4.98 Å². The monoisotopic (exact) mass is 331 g/mol. The van der Waals surface area contributed by atoms with E-state index in [1.165, 1.54) is 22.7 Å². The second-order valence-corrected chi connectivity index (χ2v) is 8.25. The van der Waals surface area contributed by atoms with Crippen molar-refractivity contribution < 1.29 is 8.42 Å². The van der Waals surface area contributed by atoms with Gasteiger partial charge in [0.15, 0.2) is 0 Å². The van der Waals surface area contributed by atoms with Crippen molar-refractivity contribution in [1.82, 2.24) is 15.0 Å². The largest absolute Gasteiger partial charge is 0.312 e. The van der Waals surface area contributed by atoms with Crippen LogP contribution in [-0.2, 0) is 23.1 Å². The number of aromatic nitrogens is 1. The average Bonchev–Trinajstić information content (AvgIpc) is 3.03. The van der Waals surface area contributed by atoms with Gasteiger partial charge in [-0.2, -0.15) is 0 Å². The maximum Gasteiger partial charge on any atom is 0.242 e. The minimum Gasteiger partial charge on any atom is -0.312 e. The summed E-state index contributed by atoms with van der Waals surface area (Å²) in [6.45, 7) is 5.70. The van der Waals surface area contributed by atoms with E-state index in [1.807, 2.05) is 13.8 Å². The average molecular weight is 331 g/mol. The summed E-state index contributed by atoms with van der Waals surface area (Å²) in [7, 11) is -3.46. The predicted octanol–water partition coefficient (Wildman–Crippen LogP) is 2.10. The van der Waals surface area contributed by atoms with Gasteiger partial charge < -0.3 is 5.32 Å². The standard InChI is InChI=1S/C12H17N3O2S3/c1-3-13-5-10-4-12(9(2)19-10)20(16,17)15-7-11-6-14-8-18-11/h4,6,8,13,15H,3,5,7H2,1-2H3. The van der Waals surface area contributed by atoms with E-state index in [4.69, 9.17) is 0 Å². The first-order valence-electron chi connectivity index (χ1n) is 6.20. The van der Waals surface area contributed by atoms with Gasteiger partial charge in [0.2, 0.25) is 10.0 Å². The number of sulfonamides is 1. The molecule has 110 valence electrons. The predicted molar refractivity (Wildman–Crippen MR) is 82.6 cm³/mol. The van der Waals surface area contributed by atoms with E-state index in [0.29, 0.717) is 11.4 Å². The van der Waals surface area contributed by atoms with Crippen LogP contribution in [0.5, 0.6) is 0 Å². The van der Waals surface area contributed by atoms with Crippen molar-refractivity contribution in [3.63, 3.8) is 0 Å². The molecule has 0 saturated carbocycles. The molecule has 0 spiro atoms.